The summed E-state index contributed by atoms with van der Waals surface area (Å²) in [5, 5.41) is 13.8. The normalized spacial score (nSPS) is 11.4. The number of rotatable bonds is 11. The number of nitro groups is 1. The fourth-order valence-electron chi connectivity index (χ4n) is 2.89. The Kier molecular flexibility index (Phi) is 9.45. The topological polar surface area (TPSA) is 111 Å². The molecule has 0 aliphatic heterocycles. The van der Waals surface area contributed by atoms with Crippen molar-refractivity contribution in [1.29, 1.82) is 0 Å². The first-order chi connectivity index (χ1) is 15.3. The van der Waals surface area contributed by atoms with Gasteiger partial charge in [-0.3, -0.25) is 19.7 Å². The smallest absolute Gasteiger partial charge is 0.311 e. The number of hydrogen-bond donors (Lipinski definition) is 1. The van der Waals surface area contributed by atoms with Crippen LogP contribution < -0.4 is 14.8 Å². The van der Waals surface area contributed by atoms with Crippen molar-refractivity contribution in [3.63, 3.8) is 0 Å². The lowest BCUT2D eigenvalue weighted by molar-refractivity contribution is -0.385. The van der Waals surface area contributed by atoms with Gasteiger partial charge in [0.2, 0.25) is 11.7 Å². The molecule has 0 aliphatic rings. The SMILES string of the molecule is CCCNC(=O)[C@H](C)N(Cc1ccc(Br)cc1)C(=O)COc1ccc([N+](=O)[O-])c(OC)c1. The quantitative estimate of drug-likeness (QED) is 0.366. The van der Waals surface area contributed by atoms with E-state index in [9.17, 15) is 19.7 Å². The molecule has 1 atom stereocenters. The van der Waals surface area contributed by atoms with E-state index in [2.05, 4.69) is 21.2 Å². The van der Waals surface area contributed by atoms with Crippen LogP contribution in [0.2, 0.25) is 0 Å². The average Bonchev–Trinajstić information content (AvgIpc) is 2.79. The van der Waals surface area contributed by atoms with Crippen molar-refractivity contribution in [2.75, 3.05) is 20.3 Å². The number of methoxy groups -OCH3 is 1. The van der Waals surface area contributed by atoms with Crippen molar-refractivity contribution in [2.24, 2.45) is 0 Å². The van der Waals surface area contributed by atoms with Gasteiger partial charge < -0.3 is 19.7 Å². The first-order valence-corrected chi connectivity index (χ1v) is 10.8. The minimum Gasteiger partial charge on any atom is -0.490 e. The number of halogens is 1. The molecule has 0 aliphatic carbocycles. The monoisotopic (exact) mass is 507 g/mol. The molecule has 2 amide bonds. The summed E-state index contributed by atoms with van der Waals surface area (Å²) in [7, 11) is 1.31. The Morgan fingerprint density at radius 3 is 2.50 bits per heavy atom. The molecule has 0 bridgehead atoms. The first kappa shape index (κ1) is 25.1. The summed E-state index contributed by atoms with van der Waals surface area (Å²) in [6.45, 7) is 4.00. The Morgan fingerprint density at radius 1 is 1.22 bits per heavy atom. The van der Waals surface area contributed by atoms with Crippen molar-refractivity contribution >= 4 is 33.4 Å². The van der Waals surface area contributed by atoms with E-state index in [4.69, 9.17) is 9.47 Å². The van der Waals surface area contributed by atoms with E-state index >= 15 is 0 Å². The van der Waals surface area contributed by atoms with Crippen LogP contribution in [0.1, 0.15) is 25.8 Å². The summed E-state index contributed by atoms with van der Waals surface area (Å²) in [6.07, 6.45) is 0.782. The zero-order valence-corrected chi connectivity index (χ0v) is 19.8. The molecule has 0 radical (unpaired) electrons. The summed E-state index contributed by atoms with van der Waals surface area (Å²) >= 11 is 3.38. The van der Waals surface area contributed by atoms with Crippen LogP contribution in [0.4, 0.5) is 5.69 Å². The number of ether oxygens (including phenoxy) is 2. The van der Waals surface area contributed by atoms with Gasteiger partial charge in [-0.1, -0.05) is 35.0 Å². The second kappa shape index (κ2) is 12.0. The van der Waals surface area contributed by atoms with Gasteiger partial charge in [0.25, 0.3) is 5.91 Å². The van der Waals surface area contributed by atoms with Crippen LogP contribution in [0.15, 0.2) is 46.9 Å². The molecule has 2 aromatic carbocycles. The maximum absolute atomic E-state index is 13.0. The van der Waals surface area contributed by atoms with Crippen LogP contribution in [0.3, 0.4) is 0 Å². The van der Waals surface area contributed by atoms with Crippen LogP contribution in [-0.2, 0) is 16.1 Å². The van der Waals surface area contributed by atoms with E-state index in [0.717, 1.165) is 16.5 Å². The van der Waals surface area contributed by atoms with Gasteiger partial charge in [0.15, 0.2) is 6.61 Å². The van der Waals surface area contributed by atoms with Crippen molar-refractivity contribution in [2.45, 2.75) is 32.9 Å². The van der Waals surface area contributed by atoms with Crippen molar-refractivity contribution in [1.82, 2.24) is 10.2 Å². The zero-order valence-electron chi connectivity index (χ0n) is 18.2. The third-order valence-electron chi connectivity index (χ3n) is 4.69. The van der Waals surface area contributed by atoms with Crippen LogP contribution in [-0.4, -0.2) is 47.9 Å². The number of nitro benzene ring substituents is 1. The minimum atomic E-state index is -0.715. The Labute approximate surface area is 195 Å². The van der Waals surface area contributed by atoms with Gasteiger partial charge in [-0.15, -0.1) is 0 Å². The second-order valence-corrected chi connectivity index (χ2v) is 7.91. The van der Waals surface area contributed by atoms with E-state index < -0.39 is 16.9 Å². The molecular formula is C22H26BrN3O6. The molecule has 1 N–H and O–H groups in total. The lowest BCUT2D eigenvalue weighted by atomic mass is 10.1. The number of hydrogen-bond acceptors (Lipinski definition) is 6. The molecule has 0 aromatic heterocycles. The lowest BCUT2D eigenvalue weighted by Crippen LogP contribution is -2.49. The number of carbonyl (C=O) groups is 2. The maximum atomic E-state index is 13.0. The van der Waals surface area contributed by atoms with Crippen molar-refractivity contribution < 1.29 is 24.0 Å². The third-order valence-corrected chi connectivity index (χ3v) is 5.22. The molecule has 32 heavy (non-hydrogen) atoms. The molecule has 2 rings (SSSR count). The third kappa shape index (κ3) is 6.94. The number of benzene rings is 2. The Morgan fingerprint density at radius 2 is 1.91 bits per heavy atom. The van der Waals surface area contributed by atoms with E-state index in [1.54, 1.807) is 6.92 Å². The fourth-order valence-corrected chi connectivity index (χ4v) is 3.16. The summed E-state index contributed by atoms with van der Waals surface area (Å²) in [4.78, 5) is 37.4. The van der Waals surface area contributed by atoms with Gasteiger partial charge in [-0.05, 0) is 37.1 Å². The molecule has 0 unspecified atom stereocenters. The van der Waals surface area contributed by atoms with E-state index in [1.165, 1.54) is 30.2 Å². The molecule has 0 saturated heterocycles. The van der Waals surface area contributed by atoms with E-state index in [-0.39, 0.29) is 36.2 Å². The zero-order chi connectivity index (χ0) is 23.7. The van der Waals surface area contributed by atoms with Crippen molar-refractivity contribution in [3.05, 3.63) is 62.6 Å². The van der Waals surface area contributed by atoms with Crippen LogP contribution >= 0.6 is 15.9 Å². The van der Waals surface area contributed by atoms with Gasteiger partial charge in [0, 0.05) is 29.7 Å². The van der Waals surface area contributed by atoms with Gasteiger partial charge >= 0.3 is 5.69 Å². The Bertz CT molecular complexity index is 951. The number of nitrogens with zero attached hydrogens (tertiary/aromatic N) is 2. The summed E-state index contributed by atoms with van der Waals surface area (Å²) < 4.78 is 11.5. The molecule has 172 valence electrons. The minimum absolute atomic E-state index is 0.0268. The van der Waals surface area contributed by atoms with Gasteiger partial charge in [0.1, 0.15) is 11.8 Å². The highest BCUT2D eigenvalue weighted by atomic mass is 79.9. The molecule has 0 spiro atoms. The molecule has 0 saturated carbocycles. The molecule has 0 heterocycles. The average molecular weight is 508 g/mol. The molecule has 9 nitrogen and oxygen atoms in total. The number of carbonyl (C=O) groups excluding carboxylic acids is 2. The predicted octanol–water partition coefficient (Wildman–Crippen LogP) is 3.69. The molecule has 2 aromatic rings. The Hall–Kier alpha value is -3.14. The Balaban J connectivity index is 2.16. The molecule has 10 heteroatoms. The predicted molar refractivity (Wildman–Crippen MR) is 123 cm³/mol. The maximum Gasteiger partial charge on any atom is 0.311 e. The highest BCUT2D eigenvalue weighted by Crippen LogP contribution is 2.30. The van der Waals surface area contributed by atoms with Crippen LogP contribution in [0.5, 0.6) is 11.5 Å². The van der Waals surface area contributed by atoms with Gasteiger partial charge in [-0.25, -0.2) is 0 Å². The standard InChI is InChI=1S/C22H26BrN3O6/c1-4-11-24-22(28)15(2)25(13-16-5-7-17(23)8-6-16)21(27)14-32-18-9-10-19(26(29)30)20(12-18)31-3/h5-10,12,15H,4,11,13-14H2,1-3H3,(H,24,28)/t15-/m0/s1. The molecular weight excluding hydrogens is 482 g/mol. The summed E-state index contributed by atoms with van der Waals surface area (Å²) in [6, 6.07) is 10.7. The lowest BCUT2D eigenvalue weighted by Gasteiger charge is -2.28. The summed E-state index contributed by atoms with van der Waals surface area (Å²) in [5.41, 5.74) is 0.651. The second-order valence-electron chi connectivity index (χ2n) is 6.99. The van der Waals surface area contributed by atoms with Crippen LogP contribution in [0.25, 0.3) is 0 Å². The largest absolute Gasteiger partial charge is 0.490 e. The van der Waals surface area contributed by atoms with Crippen molar-refractivity contribution in [3.8, 4) is 11.5 Å². The number of amides is 2. The van der Waals surface area contributed by atoms with Gasteiger partial charge in [-0.2, -0.15) is 0 Å². The first-order valence-electron chi connectivity index (χ1n) is 10.0. The highest BCUT2D eigenvalue weighted by molar-refractivity contribution is 9.10. The van der Waals surface area contributed by atoms with E-state index in [0.29, 0.717) is 6.54 Å². The van der Waals surface area contributed by atoms with Crippen LogP contribution in [0, 0.1) is 10.1 Å². The summed E-state index contributed by atoms with van der Waals surface area (Å²) in [5.74, 6) is -0.384. The molecule has 0 fully saturated rings. The number of nitrogens with one attached hydrogen (secondary N) is 1. The highest BCUT2D eigenvalue weighted by Gasteiger charge is 2.26. The van der Waals surface area contributed by atoms with Gasteiger partial charge in [0.05, 0.1) is 12.0 Å². The fraction of sp³-hybridized carbons (Fsp3) is 0.364. The van der Waals surface area contributed by atoms with E-state index in [1.807, 2.05) is 31.2 Å².